The van der Waals surface area contributed by atoms with E-state index in [-0.39, 0.29) is 5.69 Å². The van der Waals surface area contributed by atoms with Gasteiger partial charge >= 0.3 is 0 Å². The molecule has 0 atom stereocenters. The van der Waals surface area contributed by atoms with E-state index in [1.807, 2.05) is 0 Å². The molecule has 0 fully saturated rings. The van der Waals surface area contributed by atoms with Gasteiger partial charge in [-0.3, -0.25) is 10.1 Å². The van der Waals surface area contributed by atoms with Gasteiger partial charge in [0, 0.05) is 12.1 Å². The maximum absolute atomic E-state index is 10.4. The van der Waals surface area contributed by atoms with Crippen molar-refractivity contribution in [3.05, 3.63) is 46.0 Å². The van der Waals surface area contributed by atoms with Gasteiger partial charge in [-0.15, -0.1) is 0 Å². The second-order valence-electron chi connectivity index (χ2n) is 2.63. The van der Waals surface area contributed by atoms with Crippen LogP contribution in [0.25, 0.3) is 5.76 Å². The molecular weight excluding hydrogens is 465 g/mol. The van der Waals surface area contributed by atoms with Crippen LogP contribution in [0.3, 0.4) is 0 Å². The van der Waals surface area contributed by atoms with E-state index in [1.165, 1.54) is 31.4 Å². The fourth-order valence-electron chi connectivity index (χ4n) is 1.06. The molecule has 0 aromatic heterocycles. The number of non-ortho nitro benzene ring substituents is 1. The molecule has 0 aliphatic heterocycles. The van der Waals surface area contributed by atoms with Crippen molar-refractivity contribution >= 4 is 17.7 Å². The summed E-state index contributed by atoms with van der Waals surface area (Å²) >= 11 is 0. The molecule has 16 heavy (non-hydrogen) atoms. The number of nitro benzene ring substituents is 1. The van der Waals surface area contributed by atoms with Crippen molar-refractivity contribution in [1.29, 1.82) is 0 Å². The molecule has 0 heterocycles. The molecule has 0 aliphatic carbocycles. The van der Waals surface area contributed by atoms with Gasteiger partial charge in [0.05, 0.1) is 12.0 Å². The SMILES string of the molecule is CO/C(=C\[C-]=O)c1ccc([N+](=O)[O-])cc1.[Rf]. The van der Waals surface area contributed by atoms with Crippen LogP contribution in [-0.4, -0.2) is 18.3 Å². The summed E-state index contributed by atoms with van der Waals surface area (Å²) in [5, 5.41) is 10.4. The van der Waals surface area contributed by atoms with Crippen molar-refractivity contribution in [2.75, 3.05) is 7.11 Å². The molecule has 1 aromatic rings. The normalized spacial score (nSPS) is 10.2. The van der Waals surface area contributed by atoms with Crippen molar-refractivity contribution in [2.45, 2.75) is 0 Å². The Kier molecular flexibility index (Phi) is 4.44. The minimum Gasteiger partial charge on any atom is -0.581 e. The Balaban J connectivity index is 0.00000225. The molecule has 6 heteroatoms. The van der Waals surface area contributed by atoms with Crippen molar-refractivity contribution in [1.82, 2.24) is 0 Å². The maximum atomic E-state index is 10.4. The molecule has 0 amide bonds. The van der Waals surface area contributed by atoms with Crippen LogP contribution in [0.1, 0.15) is 5.56 Å². The van der Waals surface area contributed by atoms with E-state index in [2.05, 4.69) is 0 Å². The number of carbonyl (C=O) groups excluding carboxylic acids is 1. The average molecular weight is 473 g/mol. The Bertz CT molecular complexity index is 400. The Labute approximate surface area is 86.1 Å². The average Bonchev–Trinajstić information content (AvgIpc) is 2.26. The number of ether oxygens (including phenoxy) is 1. The number of methoxy groups -OCH3 is 1. The Morgan fingerprint density at radius 2 is 2.00 bits per heavy atom. The summed E-state index contributed by atoms with van der Waals surface area (Å²) in [6, 6.07) is 5.69. The van der Waals surface area contributed by atoms with Gasteiger partial charge in [-0.1, -0.05) is 17.7 Å². The molecule has 0 saturated heterocycles. The van der Waals surface area contributed by atoms with Gasteiger partial charge in [-0.05, 0) is 12.0 Å². The molecule has 0 saturated carbocycles. The van der Waals surface area contributed by atoms with Crippen LogP contribution < -0.4 is 0 Å². The van der Waals surface area contributed by atoms with Crippen LogP contribution in [0.15, 0.2) is 30.3 Å². The summed E-state index contributed by atoms with van der Waals surface area (Å²) in [5.74, 6) is 0.319. The van der Waals surface area contributed by atoms with E-state index in [0.717, 1.165) is 6.08 Å². The molecule has 0 spiro atoms. The minimum atomic E-state index is -0.494. The Hall–Kier alpha value is -3.17. The summed E-state index contributed by atoms with van der Waals surface area (Å²) in [4.78, 5) is 20.0. The van der Waals surface area contributed by atoms with Crippen LogP contribution in [0.2, 0.25) is 0 Å². The summed E-state index contributed by atoms with van der Waals surface area (Å²) in [5.41, 5.74) is 0.579. The van der Waals surface area contributed by atoms with Crippen LogP contribution in [-0.2, 0) is 9.53 Å². The van der Waals surface area contributed by atoms with E-state index in [4.69, 9.17) is 4.74 Å². The Morgan fingerprint density at radius 3 is 2.38 bits per heavy atom. The van der Waals surface area contributed by atoms with Gasteiger partial charge in [0.2, 0.25) is 0 Å². The van der Waals surface area contributed by atoms with Crippen molar-refractivity contribution < 1.29 is 14.5 Å². The molecule has 0 aliphatic rings. The van der Waals surface area contributed by atoms with Gasteiger partial charge in [0.15, 0.2) is 0 Å². The monoisotopic (exact) mass is 473 g/mol. The third-order valence-corrected chi connectivity index (χ3v) is 1.77. The smallest absolute Gasteiger partial charge is 0.269 e. The number of hydrogen-bond acceptors (Lipinski definition) is 4. The molecule has 0 bridgehead atoms. The molecule has 80 valence electrons. The third-order valence-electron chi connectivity index (χ3n) is 1.77. The number of rotatable bonds is 4. The zero-order valence-electron chi connectivity index (χ0n) is 8.67. The number of hydrogen-bond donors (Lipinski definition) is 0. The quantitative estimate of drug-likeness (QED) is 0.220. The van der Waals surface area contributed by atoms with Gasteiger partial charge in [-0.25, -0.2) is 0 Å². The van der Waals surface area contributed by atoms with Gasteiger partial charge in [-0.2, -0.15) is 6.08 Å². The fraction of sp³-hybridized carbons (Fsp3) is 0.100. The summed E-state index contributed by atoms with van der Waals surface area (Å²) in [6.45, 7) is 0. The predicted molar refractivity (Wildman–Crippen MR) is 53.8 cm³/mol. The first-order valence-electron chi connectivity index (χ1n) is 4.05. The summed E-state index contributed by atoms with van der Waals surface area (Å²) in [6.07, 6.45) is 2.71. The molecule has 0 unspecified atom stereocenters. The van der Waals surface area contributed by atoms with Crippen LogP contribution in [0.5, 0.6) is 0 Å². The molecule has 0 N–H and O–H groups in total. The zero-order chi connectivity index (χ0) is 11.3. The topological polar surface area (TPSA) is 69.4 Å². The Morgan fingerprint density at radius 1 is 1.44 bits per heavy atom. The number of allylic oxidation sites excluding steroid dienone is 1. The largest absolute Gasteiger partial charge is 0.581 e. The third kappa shape index (κ3) is 2.66. The first kappa shape index (κ1) is 12.8. The molecule has 1 aromatic carbocycles. The van der Waals surface area contributed by atoms with Crippen LogP contribution in [0.4, 0.5) is 5.69 Å². The second kappa shape index (κ2) is 5.54. The van der Waals surface area contributed by atoms with Crippen LogP contribution in [0, 0.1) is 10.1 Å². The molecule has 1 rings (SSSR count). The van der Waals surface area contributed by atoms with Crippen molar-refractivity contribution in [3.8, 4) is 0 Å². The summed E-state index contributed by atoms with van der Waals surface area (Å²) in [7, 11) is 1.41. The van der Waals surface area contributed by atoms with Gasteiger partial charge in [0.25, 0.3) is 5.69 Å². The minimum absolute atomic E-state index is 0. The number of benzene rings is 1. The van der Waals surface area contributed by atoms with Crippen LogP contribution >= 0.6 is 0 Å². The standard InChI is InChI=1S/C10H8NO4.Rf/c1-15-10(6-7-12)8-2-4-9(5-3-8)11(13)14;/h2-6H,1H3;/q-1;/b10-6-;. The first-order valence-corrected chi connectivity index (χ1v) is 4.05. The molecule has 0 radical (unpaired) electrons. The zero-order valence-corrected chi connectivity index (χ0v) is 15.1. The van der Waals surface area contributed by atoms with E-state index in [1.54, 1.807) is 6.29 Å². The summed E-state index contributed by atoms with van der Waals surface area (Å²) < 4.78 is 4.91. The van der Waals surface area contributed by atoms with E-state index < -0.39 is 4.92 Å². The number of nitrogens with zero attached hydrogens (tertiary/aromatic N) is 1. The van der Waals surface area contributed by atoms with Gasteiger partial charge in [0.1, 0.15) is 0 Å². The molecule has 5 nitrogen and oxygen atoms in total. The second-order valence-corrected chi connectivity index (χ2v) is 2.63. The first-order chi connectivity index (χ1) is 7.19. The van der Waals surface area contributed by atoms with E-state index >= 15 is 0 Å². The van der Waals surface area contributed by atoms with E-state index in [9.17, 15) is 14.9 Å². The number of nitro groups is 1. The van der Waals surface area contributed by atoms with Gasteiger partial charge < -0.3 is 9.53 Å². The molecular formula is C10H8NO4Rf-. The van der Waals surface area contributed by atoms with E-state index in [0.29, 0.717) is 11.3 Å². The predicted octanol–water partition coefficient (Wildman–Crippen LogP) is 1.69. The fourth-order valence-corrected chi connectivity index (χ4v) is 1.06. The van der Waals surface area contributed by atoms with Crippen molar-refractivity contribution in [3.63, 3.8) is 0 Å². The maximum Gasteiger partial charge on any atom is 0.269 e. The van der Waals surface area contributed by atoms with Crippen molar-refractivity contribution in [2.24, 2.45) is 0 Å².